The van der Waals surface area contributed by atoms with Crippen LogP contribution in [0.5, 0.6) is 0 Å². The van der Waals surface area contributed by atoms with Crippen LogP contribution in [0.3, 0.4) is 0 Å². The summed E-state index contributed by atoms with van der Waals surface area (Å²) in [5.41, 5.74) is 0.544. The predicted molar refractivity (Wildman–Crippen MR) is 94.9 cm³/mol. The number of nitrogens with zero attached hydrogens (tertiary/aromatic N) is 1. The minimum absolute atomic E-state index is 0. The van der Waals surface area contributed by atoms with Crippen LogP contribution in [0, 0.1) is 11.7 Å². The number of piperidine rings is 1. The normalized spacial score (nSPS) is 20.6. The number of likely N-dealkylation sites (tertiary alicyclic amines) is 1. The van der Waals surface area contributed by atoms with Crippen LogP contribution in [-0.2, 0) is 4.79 Å². The molecule has 1 aliphatic carbocycles. The van der Waals surface area contributed by atoms with Gasteiger partial charge in [-0.05, 0) is 31.7 Å². The lowest BCUT2D eigenvalue weighted by molar-refractivity contribution is -0.126. The van der Waals surface area contributed by atoms with Gasteiger partial charge in [-0.3, -0.25) is 9.69 Å². The Hall–Kier alpha value is -0.290. The average molecular weight is 366 g/mol. The lowest BCUT2D eigenvalue weighted by Gasteiger charge is -2.36. The van der Waals surface area contributed by atoms with E-state index in [1.54, 1.807) is 12.1 Å². The summed E-state index contributed by atoms with van der Waals surface area (Å²) in [5, 5.41) is 0.406. The summed E-state index contributed by atoms with van der Waals surface area (Å²) in [5.74, 6) is 0.0838. The zero-order chi connectivity index (χ0) is 14.1. The van der Waals surface area contributed by atoms with E-state index in [1.165, 1.54) is 6.07 Å². The number of halogens is 3. The lowest BCUT2D eigenvalue weighted by atomic mass is 9.95. The van der Waals surface area contributed by atoms with Crippen LogP contribution in [0.1, 0.15) is 37.3 Å². The van der Waals surface area contributed by atoms with E-state index in [4.69, 9.17) is 0 Å². The smallest absolute Gasteiger partial charge is 0.157 e. The molecule has 0 N–H and O–H groups in total. The van der Waals surface area contributed by atoms with Gasteiger partial charge in [-0.1, -0.05) is 18.2 Å². The third-order valence-electron chi connectivity index (χ3n) is 4.31. The first-order valence-corrected chi connectivity index (χ1v) is 7.88. The molecule has 1 heterocycles. The molecule has 6 heteroatoms. The average Bonchev–Trinajstić information content (AvgIpc) is 3.27. The molecule has 1 saturated carbocycles. The number of Topliss-reactive ketones (excluding diaryl/α,β-unsaturated/α-hetero) is 1. The molecule has 1 aromatic carbocycles. The van der Waals surface area contributed by atoms with Gasteiger partial charge in [0, 0.05) is 29.8 Å². The Morgan fingerprint density at radius 1 is 1.14 bits per heavy atom. The monoisotopic (exact) mass is 365 g/mol. The molecule has 0 spiro atoms. The zero-order valence-corrected chi connectivity index (χ0v) is 14.8. The molecule has 0 amide bonds. The van der Waals surface area contributed by atoms with Gasteiger partial charge in [0.15, 0.2) is 5.78 Å². The first-order chi connectivity index (χ1) is 9.66. The Morgan fingerprint density at radius 3 is 2.27 bits per heavy atom. The van der Waals surface area contributed by atoms with Crippen molar-refractivity contribution >= 4 is 43.2 Å². The van der Waals surface area contributed by atoms with Crippen molar-refractivity contribution in [3.8, 4) is 0 Å². The van der Waals surface area contributed by atoms with Gasteiger partial charge in [-0.15, -0.1) is 24.8 Å². The van der Waals surface area contributed by atoms with Gasteiger partial charge >= 0.3 is 0 Å². The SMILES string of the molecule is Cl.Cl.O=C(C1CC1)C(c1ccccc1F)N1CCC(S)CC1. The first kappa shape index (κ1) is 19.8. The Morgan fingerprint density at radius 2 is 1.73 bits per heavy atom. The number of thiol groups is 1. The fraction of sp³-hybridized carbons (Fsp3) is 0.562. The van der Waals surface area contributed by atoms with Crippen LogP contribution in [0.2, 0.25) is 0 Å². The summed E-state index contributed by atoms with van der Waals surface area (Å²) in [7, 11) is 0. The number of ketones is 1. The van der Waals surface area contributed by atoms with E-state index in [0.29, 0.717) is 10.8 Å². The summed E-state index contributed by atoms with van der Waals surface area (Å²) >= 11 is 4.50. The number of carbonyl (C=O) groups is 1. The second kappa shape index (κ2) is 8.53. The van der Waals surface area contributed by atoms with Gasteiger partial charge in [0.05, 0.1) is 6.04 Å². The summed E-state index contributed by atoms with van der Waals surface area (Å²) in [4.78, 5) is 14.8. The van der Waals surface area contributed by atoms with Crippen molar-refractivity contribution in [1.82, 2.24) is 4.90 Å². The number of hydrogen-bond donors (Lipinski definition) is 1. The van der Waals surface area contributed by atoms with E-state index in [-0.39, 0.29) is 42.3 Å². The van der Waals surface area contributed by atoms with E-state index < -0.39 is 6.04 Å². The molecular formula is C16H22Cl2FNOS. The second-order valence-corrected chi connectivity index (χ2v) is 6.60. The lowest BCUT2D eigenvalue weighted by Crippen LogP contribution is -2.41. The van der Waals surface area contributed by atoms with Crippen LogP contribution < -0.4 is 0 Å². The molecule has 1 atom stereocenters. The quantitative estimate of drug-likeness (QED) is 0.811. The molecule has 1 aromatic rings. The predicted octanol–water partition coefficient (Wildman–Crippen LogP) is 4.08. The van der Waals surface area contributed by atoms with Crippen molar-refractivity contribution < 1.29 is 9.18 Å². The van der Waals surface area contributed by atoms with Gasteiger partial charge in [-0.25, -0.2) is 4.39 Å². The van der Waals surface area contributed by atoms with Crippen LogP contribution in [0.25, 0.3) is 0 Å². The fourth-order valence-corrected chi connectivity index (χ4v) is 3.19. The highest BCUT2D eigenvalue weighted by molar-refractivity contribution is 7.80. The van der Waals surface area contributed by atoms with Crippen molar-refractivity contribution in [1.29, 1.82) is 0 Å². The minimum Gasteiger partial charge on any atom is -0.297 e. The Bertz CT molecular complexity index is 505. The van der Waals surface area contributed by atoms with Gasteiger partial charge in [-0.2, -0.15) is 12.6 Å². The number of rotatable bonds is 4. The highest BCUT2D eigenvalue weighted by Gasteiger charge is 2.40. The van der Waals surface area contributed by atoms with Crippen LogP contribution in [0.15, 0.2) is 24.3 Å². The molecule has 2 fully saturated rings. The minimum atomic E-state index is -0.399. The maximum atomic E-state index is 14.1. The van der Waals surface area contributed by atoms with E-state index >= 15 is 0 Å². The molecule has 1 saturated heterocycles. The van der Waals surface area contributed by atoms with Gasteiger partial charge in [0.25, 0.3) is 0 Å². The first-order valence-electron chi connectivity index (χ1n) is 7.37. The molecule has 124 valence electrons. The molecule has 3 rings (SSSR count). The molecule has 1 aliphatic heterocycles. The highest BCUT2D eigenvalue weighted by atomic mass is 35.5. The molecular weight excluding hydrogens is 344 g/mol. The van der Waals surface area contributed by atoms with Crippen LogP contribution >= 0.6 is 37.4 Å². The van der Waals surface area contributed by atoms with Crippen molar-refractivity contribution in [2.45, 2.75) is 37.0 Å². The molecule has 0 bridgehead atoms. The van der Waals surface area contributed by atoms with Gasteiger partial charge in [0.2, 0.25) is 0 Å². The maximum Gasteiger partial charge on any atom is 0.157 e. The van der Waals surface area contributed by atoms with Gasteiger partial charge in [0.1, 0.15) is 5.82 Å². The van der Waals surface area contributed by atoms with Crippen LogP contribution in [-0.4, -0.2) is 29.0 Å². The van der Waals surface area contributed by atoms with Gasteiger partial charge < -0.3 is 0 Å². The van der Waals surface area contributed by atoms with E-state index in [1.807, 2.05) is 6.07 Å². The summed E-state index contributed by atoms with van der Waals surface area (Å²) in [6, 6.07) is 6.31. The summed E-state index contributed by atoms with van der Waals surface area (Å²) < 4.78 is 14.1. The van der Waals surface area contributed by atoms with E-state index in [9.17, 15) is 9.18 Å². The molecule has 1 unspecified atom stereocenters. The molecule has 2 aliphatic rings. The van der Waals surface area contributed by atoms with Crippen molar-refractivity contribution in [2.24, 2.45) is 5.92 Å². The molecule has 22 heavy (non-hydrogen) atoms. The van der Waals surface area contributed by atoms with Crippen molar-refractivity contribution in [3.05, 3.63) is 35.6 Å². The van der Waals surface area contributed by atoms with Crippen molar-refractivity contribution in [2.75, 3.05) is 13.1 Å². The summed E-state index contributed by atoms with van der Waals surface area (Å²) in [6.07, 6.45) is 3.86. The zero-order valence-electron chi connectivity index (χ0n) is 12.3. The second-order valence-electron chi connectivity index (χ2n) is 5.87. The third kappa shape index (κ3) is 4.38. The largest absolute Gasteiger partial charge is 0.297 e. The Labute approximate surface area is 149 Å². The van der Waals surface area contributed by atoms with Crippen molar-refractivity contribution in [3.63, 3.8) is 0 Å². The highest BCUT2D eigenvalue weighted by Crippen LogP contribution is 2.38. The molecule has 0 radical (unpaired) electrons. The van der Waals surface area contributed by atoms with E-state index in [2.05, 4.69) is 17.5 Å². The fourth-order valence-electron chi connectivity index (χ4n) is 2.96. The number of benzene rings is 1. The third-order valence-corrected chi connectivity index (χ3v) is 4.83. The van der Waals surface area contributed by atoms with E-state index in [0.717, 1.165) is 38.8 Å². The maximum absolute atomic E-state index is 14.1. The topological polar surface area (TPSA) is 20.3 Å². The number of carbonyl (C=O) groups excluding carboxylic acids is 1. The van der Waals surface area contributed by atoms with Crippen LogP contribution in [0.4, 0.5) is 4.39 Å². The molecule has 0 aromatic heterocycles. The Kier molecular flexibility index (Phi) is 7.66. The summed E-state index contributed by atoms with van der Waals surface area (Å²) in [6.45, 7) is 1.65. The Balaban J connectivity index is 0.00000121. The number of hydrogen-bond acceptors (Lipinski definition) is 3. The standard InChI is InChI=1S/C16H20FNOS.2ClH/c17-14-4-2-1-3-13(14)15(16(19)11-5-6-11)18-9-7-12(20)8-10-18;;/h1-4,11-12,15,20H,5-10H2;2*1H. The molecule has 2 nitrogen and oxygen atoms in total.